The average molecular weight is 571 g/mol. The van der Waals surface area contributed by atoms with E-state index >= 15 is 0 Å². The third-order valence-corrected chi connectivity index (χ3v) is 11.6. The van der Waals surface area contributed by atoms with Gasteiger partial charge in [0, 0.05) is 0 Å². The molecule has 0 spiro atoms. The monoisotopic (exact) mass is 570 g/mol. The number of rotatable bonds is 14. The Kier molecular flexibility index (Phi) is 12.0. The normalized spacial score (nSPS) is 21.3. The van der Waals surface area contributed by atoms with Crippen LogP contribution in [0.4, 0.5) is 11.4 Å². The van der Waals surface area contributed by atoms with Crippen LogP contribution in [0.1, 0.15) is 127 Å². The number of hydrogen-bond donors (Lipinski definition) is 1. The van der Waals surface area contributed by atoms with Crippen LogP contribution in [-0.4, -0.2) is 17.0 Å². The van der Waals surface area contributed by atoms with E-state index in [1.54, 1.807) is 0 Å². The molecule has 1 heterocycles. The Hall–Kier alpha value is -1.35. The van der Waals surface area contributed by atoms with Crippen LogP contribution in [0.25, 0.3) is 0 Å². The fraction of sp³-hybridized carbons (Fsp3) is 0.647. The second-order valence-electron chi connectivity index (χ2n) is 11.7. The summed E-state index contributed by atoms with van der Waals surface area (Å²) in [6.45, 7) is 15.1. The fourth-order valence-electron chi connectivity index (χ4n) is 6.61. The maximum Gasteiger partial charge on any atom is 0.252 e. The molecule has 1 fully saturated rings. The second-order valence-corrected chi connectivity index (χ2v) is 15.1. The summed E-state index contributed by atoms with van der Waals surface area (Å²) in [4.78, 5) is 12.7. The van der Waals surface area contributed by atoms with Gasteiger partial charge in [-0.15, -0.1) is 0 Å². The Labute approximate surface area is 245 Å². The molecule has 2 aromatic rings. The molecule has 2 unspecified atom stereocenters. The predicted molar refractivity (Wildman–Crippen MR) is 177 cm³/mol. The molecule has 218 valence electrons. The second kappa shape index (κ2) is 14.5. The quantitative estimate of drug-likeness (QED) is 0.229. The van der Waals surface area contributed by atoms with Crippen LogP contribution in [0.5, 0.6) is 0 Å². The molecule has 0 bridgehead atoms. The number of anilines is 2. The Morgan fingerprint density at radius 3 is 1.05 bits per heavy atom. The highest BCUT2D eigenvalue weighted by atomic mass is 32.5. The summed E-state index contributed by atoms with van der Waals surface area (Å²) in [5.74, 6) is 0. The molecule has 39 heavy (non-hydrogen) atoms. The Morgan fingerprint density at radius 1 is 0.564 bits per heavy atom. The SMILES string of the molecule is CCCc1cc(CCC)c(N2C(C)C(C)N(c3c(CCC)cc(CCC)cc3CCC)P2(O)=S)c(CCC)c1. The minimum absolute atomic E-state index is 0.128. The van der Waals surface area contributed by atoms with Crippen LogP contribution in [0.3, 0.4) is 0 Å². The smallest absolute Gasteiger partial charge is 0.252 e. The first kappa shape index (κ1) is 32.2. The van der Waals surface area contributed by atoms with Crippen molar-refractivity contribution in [2.45, 2.75) is 145 Å². The molecule has 0 radical (unpaired) electrons. The van der Waals surface area contributed by atoms with Crippen molar-refractivity contribution >= 4 is 29.7 Å². The zero-order valence-electron chi connectivity index (χ0n) is 26.1. The van der Waals surface area contributed by atoms with Gasteiger partial charge in [-0.25, -0.2) is 0 Å². The predicted octanol–water partition coefficient (Wildman–Crippen LogP) is 9.72. The van der Waals surface area contributed by atoms with E-state index in [2.05, 4.69) is 89.0 Å². The van der Waals surface area contributed by atoms with Gasteiger partial charge in [0.15, 0.2) is 0 Å². The van der Waals surface area contributed by atoms with Gasteiger partial charge in [0.05, 0.1) is 23.5 Å². The van der Waals surface area contributed by atoms with Gasteiger partial charge in [-0.05, 0) is 97.6 Å². The lowest BCUT2D eigenvalue weighted by atomic mass is 9.93. The first-order valence-electron chi connectivity index (χ1n) is 15.9. The molecule has 1 saturated heterocycles. The first-order valence-corrected chi connectivity index (χ1v) is 18.6. The molecule has 3 nitrogen and oxygen atoms in total. The largest absolute Gasteiger partial charge is 0.334 e. The summed E-state index contributed by atoms with van der Waals surface area (Å²) >= 11 is 6.43. The maximum absolute atomic E-state index is 12.7. The van der Waals surface area contributed by atoms with Crippen molar-refractivity contribution in [3.8, 4) is 0 Å². The lowest BCUT2D eigenvalue weighted by molar-refractivity contribution is 0.618. The van der Waals surface area contributed by atoms with Crippen LogP contribution in [-0.2, 0) is 50.3 Å². The summed E-state index contributed by atoms with van der Waals surface area (Å²) in [5.41, 5.74) is 10.8. The van der Waals surface area contributed by atoms with Gasteiger partial charge in [-0.3, -0.25) is 0 Å². The molecule has 1 aliphatic rings. The van der Waals surface area contributed by atoms with Crippen molar-refractivity contribution in [3.05, 3.63) is 57.6 Å². The zero-order valence-corrected chi connectivity index (χ0v) is 27.9. The highest BCUT2D eigenvalue weighted by Gasteiger charge is 2.49. The highest BCUT2D eigenvalue weighted by molar-refractivity contribution is 8.13. The standard InChI is InChI=1S/C34H55N2OPS/c1-9-15-27-21-29(17-11-3)33(30(22-27)18-12-4)35-25(7)26(8)36(38(35,37)39)34-31(19-13-5)23-28(16-10-2)24-32(34)20-14-6/h21-26H,9-20H2,1-8H3,(H,37,39). The lowest BCUT2D eigenvalue weighted by Gasteiger charge is -2.37. The minimum atomic E-state index is -3.08. The van der Waals surface area contributed by atoms with Crippen molar-refractivity contribution in [2.75, 3.05) is 9.34 Å². The molecule has 5 heteroatoms. The molecule has 0 aromatic heterocycles. The van der Waals surface area contributed by atoms with Gasteiger partial charge in [0.25, 0.3) is 6.57 Å². The van der Waals surface area contributed by atoms with Crippen molar-refractivity contribution < 1.29 is 4.89 Å². The van der Waals surface area contributed by atoms with E-state index in [1.165, 1.54) is 44.8 Å². The summed E-state index contributed by atoms with van der Waals surface area (Å²) in [6.07, 6.45) is 12.9. The third-order valence-electron chi connectivity index (χ3n) is 8.30. The van der Waals surface area contributed by atoms with E-state index in [1.807, 2.05) is 0 Å². The van der Waals surface area contributed by atoms with E-state index < -0.39 is 6.57 Å². The van der Waals surface area contributed by atoms with Gasteiger partial charge >= 0.3 is 0 Å². The summed E-state index contributed by atoms with van der Waals surface area (Å²) in [7, 11) is 0. The maximum atomic E-state index is 12.7. The fourth-order valence-corrected chi connectivity index (χ4v) is 10.6. The van der Waals surface area contributed by atoms with Crippen LogP contribution >= 0.6 is 6.57 Å². The van der Waals surface area contributed by atoms with Crippen LogP contribution < -0.4 is 9.34 Å². The summed E-state index contributed by atoms with van der Waals surface area (Å²) in [5, 5.41) is 0. The van der Waals surface area contributed by atoms with Gasteiger partial charge in [-0.1, -0.05) is 104 Å². The van der Waals surface area contributed by atoms with Gasteiger partial charge in [-0.2, -0.15) is 0 Å². The van der Waals surface area contributed by atoms with Crippen LogP contribution in [0.2, 0.25) is 0 Å². The zero-order chi connectivity index (χ0) is 28.7. The van der Waals surface area contributed by atoms with Crippen LogP contribution in [0, 0.1) is 0 Å². The molecule has 0 aliphatic carbocycles. The van der Waals surface area contributed by atoms with E-state index in [4.69, 9.17) is 11.8 Å². The van der Waals surface area contributed by atoms with Crippen molar-refractivity contribution in [1.29, 1.82) is 0 Å². The molecule has 0 amide bonds. The minimum Gasteiger partial charge on any atom is -0.334 e. The van der Waals surface area contributed by atoms with Gasteiger partial charge in [0.1, 0.15) is 0 Å². The highest BCUT2D eigenvalue weighted by Crippen LogP contribution is 2.64. The average Bonchev–Trinajstić information content (AvgIpc) is 3.04. The molecule has 1 aliphatic heterocycles. The molecular weight excluding hydrogens is 515 g/mol. The number of nitrogens with zero attached hydrogens (tertiary/aromatic N) is 2. The molecule has 2 atom stereocenters. The number of benzene rings is 2. The number of aryl methyl sites for hydroxylation is 6. The van der Waals surface area contributed by atoms with E-state index in [9.17, 15) is 4.89 Å². The van der Waals surface area contributed by atoms with Crippen molar-refractivity contribution in [2.24, 2.45) is 0 Å². The van der Waals surface area contributed by atoms with Gasteiger partial charge in [0.2, 0.25) is 0 Å². The Morgan fingerprint density at radius 2 is 0.821 bits per heavy atom. The van der Waals surface area contributed by atoms with E-state index in [0.717, 1.165) is 77.0 Å². The lowest BCUT2D eigenvalue weighted by Crippen LogP contribution is -2.33. The summed E-state index contributed by atoms with van der Waals surface area (Å²) < 4.78 is 4.65. The van der Waals surface area contributed by atoms with E-state index in [-0.39, 0.29) is 12.1 Å². The number of hydrogen-bond acceptors (Lipinski definition) is 1. The molecule has 1 N–H and O–H groups in total. The Bertz CT molecular complexity index is 1010. The van der Waals surface area contributed by atoms with Crippen molar-refractivity contribution in [1.82, 2.24) is 0 Å². The molecule has 3 rings (SSSR count). The molecular formula is C34H55N2OPS. The van der Waals surface area contributed by atoms with Gasteiger partial charge < -0.3 is 14.2 Å². The molecule has 0 saturated carbocycles. The van der Waals surface area contributed by atoms with Crippen molar-refractivity contribution in [3.63, 3.8) is 0 Å². The topological polar surface area (TPSA) is 26.7 Å². The molecule has 2 aromatic carbocycles. The van der Waals surface area contributed by atoms with E-state index in [0.29, 0.717) is 0 Å². The van der Waals surface area contributed by atoms with Crippen LogP contribution in [0.15, 0.2) is 24.3 Å². The first-order chi connectivity index (χ1) is 18.7. The summed E-state index contributed by atoms with van der Waals surface area (Å²) in [6, 6.07) is 9.93. The Balaban J connectivity index is 2.28. The third kappa shape index (κ3) is 6.77.